The number of nitrogens with zero attached hydrogens (tertiary/aromatic N) is 1. The van der Waals surface area contributed by atoms with Crippen LogP contribution in [0.1, 0.15) is 5.56 Å². The summed E-state index contributed by atoms with van der Waals surface area (Å²) in [5.41, 5.74) is 7.34. The number of hydrogen-bond acceptors (Lipinski definition) is 2. The molecule has 0 radical (unpaired) electrons. The highest BCUT2D eigenvalue weighted by Gasteiger charge is 2.28. The van der Waals surface area contributed by atoms with Crippen molar-refractivity contribution in [3.05, 3.63) is 36.0 Å². The number of halogens is 3. The molecule has 6 heteroatoms. The minimum atomic E-state index is -4.58. The number of alkyl halides is 3. The Bertz CT molecular complexity index is 534. The van der Waals surface area contributed by atoms with Gasteiger partial charge in [-0.15, -0.1) is 13.2 Å². The Morgan fingerprint density at radius 3 is 2.67 bits per heavy atom. The molecule has 1 aromatic carbocycles. The first-order valence-corrected chi connectivity index (χ1v) is 5.48. The second kappa shape index (κ2) is 4.99. The monoisotopic (exact) mass is 258 g/mol. The van der Waals surface area contributed by atoms with Gasteiger partial charge in [-0.05, 0) is 23.1 Å². The van der Waals surface area contributed by atoms with Crippen LogP contribution >= 0.6 is 0 Å². The Morgan fingerprint density at radius 2 is 2.00 bits per heavy atom. The van der Waals surface area contributed by atoms with Crippen LogP contribution in [0.5, 0.6) is 0 Å². The molecule has 0 amide bonds. The maximum Gasteiger partial charge on any atom is 0.522 e. The summed E-state index contributed by atoms with van der Waals surface area (Å²) in [6.45, 7) is 0.150. The summed E-state index contributed by atoms with van der Waals surface area (Å²) < 4.78 is 41.1. The van der Waals surface area contributed by atoms with Crippen molar-refractivity contribution in [2.24, 2.45) is 5.73 Å². The molecule has 0 fully saturated rings. The van der Waals surface area contributed by atoms with E-state index in [0.29, 0.717) is 6.54 Å². The van der Waals surface area contributed by atoms with Crippen molar-refractivity contribution < 1.29 is 17.9 Å². The molecule has 2 rings (SSSR count). The van der Waals surface area contributed by atoms with Crippen LogP contribution in [0.15, 0.2) is 30.5 Å². The van der Waals surface area contributed by atoms with Crippen LogP contribution in [-0.2, 0) is 17.8 Å². The minimum Gasteiger partial charge on any atom is -0.345 e. The molecule has 3 nitrogen and oxygen atoms in total. The van der Waals surface area contributed by atoms with Crippen molar-refractivity contribution in [2.75, 3.05) is 6.61 Å². The topological polar surface area (TPSA) is 40.2 Å². The van der Waals surface area contributed by atoms with Crippen LogP contribution in [0.2, 0.25) is 0 Å². The SMILES string of the molecule is NCc1ccc2ccn(CCOC(F)(F)F)c2c1. The third-order valence-electron chi connectivity index (χ3n) is 2.67. The summed E-state index contributed by atoms with van der Waals surface area (Å²) in [4.78, 5) is 0. The standard InChI is InChI=1S/C12H13F3N2O/c13-12(14,15)18-6-5-17-4-3-10-2-1-9(8-16)7-11(10)17/h1-4,7H,5-6,8,16H2. The normalized spacial score (nSPS) is 12.2. The van der Waals surface area contributed by atoms with E-state index in [2.05, 4.69) is 4.74 Å². The van der Waals surface area contributed by atoms with E-state index in [9.17, 15) is 13.2 Å². The van der Waals surface area contributed by atoms with Gasteiger partial charge in [-0.3, -0.25) is 4.74 Å². The van der Waals surface area contributed by atoms with Crippen LogP contribution in [0.3, 0.4) is 0 Å². The molecule has 0 aliphatic carbocycles. The average Bonchev–Trinajstić information content (AvgIpc) is 2.70. The van der Waals surface area contributed by atoms with E-state index in [1.807, 2.05) is 24.3 Å². The average molecular weight is 258 g/mol. The van der Waals surface area contributed by atoms with Crippen LogP contribution < -0.4 is 5.73 Å². The van der Waals surface area contributed by atoms with Crippen molar-refractivity contribution in [2.45, 2.75) is 19.5 Å². The highest BCUT2D eigenvalue weighted by Crippen LogP contribution is 2.19. The molecule has 18 heavy (non-hydrogen) atoms. The molecule has 2 aromatic rings. The predicted molar refractivity (Wildman–Crippen MR) is 61.8 cm³/mol. The molecule has 98 valence electrons. The molecule has 0 spiro atoms. The number of aromatic nitrogens is 1. The van der Waals surface area contributed by atoms with Gasteiger partial charge in [-0.25, -0.2) is 0 Å². The van der Waals surface area contributed by atoms with Crippen LogP contribution in [-0.4, -0.2) is 17.5 Å². The molecule has 0 atom stereocenters. The van der Waals surface area contributed by atoms with E-state index < -0.39 is 13.0 Å². The number of nitrogens with two attached hydrogens (primary N) is 1. The zero-order valence-corrected chi connectivity index (χ0v) is 9.57. The van der Waals surface area contributed by atoms with Crippen molar-refractivity contribution >= 4 is 10.9 Å². The van der Waals surface area contributed by atoms with E-state index >= 15 is 0 Å². The third-order valence-corrected chi connectivity index (χ3v) is 2.67. The molecule has 1 heterocycles. The largest absolute Gasteiger partial charge is 0.522 e. The summed E-state index contributed by atoms with van der Waals surface area (Å²) in [7, 11) is 0. The van der Waals surface area contributed by atoms with Gasteiger partial charge < -0.3 is 10.3 Å². The van der Waals surface area contributed by atoms with Crippen LogP contribution in [0.25, 0.3) is 10.9 Å². The second-order valence-corrected chi connectivity index (χ2v) is 3.90. The summed E-state index contributed by atoms with van der Waals surface area (Å²) in [5, 5.41) is 0.971. The van der Waals surface area contributed by atoms with Gasteiger partial charge in [0.2, 0.25) is 0 Å². The van der Waals surface area contributed by atoms with Gasteiger partial charge in [0, 0.05) is 24.8 Å². The summed E-state index contributed by atoms with van der Waals surface area (Å²) in [6.07, 6.45) is -2.84. The first kappa shape index (κ1) is 12.9. The lowest BCUT2D eigenvalue weighted by molar-refractivity contribution is -0.325. The Balaban J connectivity index is 2.13. The fourth-order valence-electron chi connectivity index (χ4n) is 1.81. The molecular formula is C12H13F3N2O. The minimum absolute atomic E-state index is 0.150. The highest BCUT2D eigenvalue weighted by molar-refractivity contribution is 5.80. The van der Waals surface area contributed by atoms with E-state index in [-0.39, 0.29) is 6.54 Å². The number of ether oxygens (including phenoxy) is 1. The molecule has 0 saturated heterocycles. The number of benzene rings is 1. The lowest BCUT2D eigenvalue weighted by atomic mass is 10.2. The quantitative estimate of drug-likeness (QED) is 0.915. The third kappa shape index (κ3) is 3.02. The van der Waals surface area contributed by atoms with Crippen molar-refractivity contribution in [1.29, 1.82) is 0 Å². The van der Waals surface area contributed by atoms with E-state index in [1.165, 1.54) is 0 Å². The smallest absolute Gasteiger partial charge is 0.345 e. The Hall–Kier alpha value is -1.53. The van der Waals surface area contributed by atoms with E-state index in [1.54, 1.807) is 10.8 Å². The maximum absolute atomic E-state index is 11.9. The molecule has 0 saturated carbocycles. The number of fused-ring (bicyclic) bond motifs is 1. The Morgan fingerprint density at radius 1 is 1.22 bits per heavy atom. The number of hydrogen-bond donors (Lipinski definition) is 1. The first-order chi connectivity index (χ1) is 8.49. The fourth-order valence-corrected chi connectivity index (χ4v) is 1.81. The predicted octanol–water partition coefficient (Wildman–Crippen LogP) is 2.64. The van der Waals surface area contributed by atoms with Gasteiger partial charge in [0.15, 0.2) is 0 Å². The second-order valence-electron chi connectivity index (χ2n) is 3.90. The van der Waals surface area contributed by atoms with Gasteiger partial charge in [-0.1, -0.05) is 12.1 Å². The molecular weight excluding hydrogens is 245 g/mol. The fraction of sp³-hybridized carbons (Fsp3) is 0.333. The molecule has 0 aliphatic heterocycles. The van der Waals surface area contributed by atoms with Crippen molar-refractivity contribution in [3.8, 4) is 0 Å². The molecule has 0 bridgehead atoms. The van der Waals surface area contributed by atoms with Crippen molar-refractivity contribution in [3.63, 3.8) is 0 Å². The lowest BCUT2D eigenvalue weighted by Gasteiger charge is -2.09. The maximum atomic E-state index is 11.9. The molecule has 0 aliphatic rings. The van der Waals surface area contributed by atoms with Crippen molar-refractivity contribution in [1.82, 2.24) is 4.57 Å². The first-order valence-electron chi connectivity index (χ1n) is 5.48. The van der Waals surface area contributed by atoms with Gasteiger partial charge in [0.05, 0.1) is 6.61 Å². The molecule has 1 aromatic heterocycles. The lowest BCUT2D eigenvalue weighted by Crippen LogP contribution is -2.17. The zero-order valence-electron chi connectivity index (χ0n) is 9.57. The summed E-state index contributed by atoms with van der Waals surface area (Å²) in [6, 6.07) is 7.53. The van der Waals surface area contributed by atoms with Crippen LogP contribution in [0.4, 0.5) is 13.2 Å². The number of rotatable bonds is 4. The Labute approximate surface area is 102 Å². The molecule has 2 N–H and O–H groups in total. The van der Waals surface area contributed by atoms with Gasteiger partial charge in [-0.2, -0.15) is 0 Å². The highest BCUT2D eigenvalue weighted by atomic mass is 19.4. The van der Waals surface area contributed by atoms with E-state index in [4.69, 9.17) is 5.73 Å². The molecule has 0 unspecified atom stereocenters. The van der Waals surface area contributed by atoms with Gasteiger partial charge in [0.25, 0.3) is 0 Å². The summed E-state index contributed by atoms with van der Waals surface area (Å²) >= 11 is 0. The summed E-state index contributed by atoms with van der Waals surface area (Å²) in [5.74, 6) is 0. The Kier molecular flexibility index (Phi) is 3.58. The van der Waals surface area contributed by atoms with Gasteiger partial charge in [0.1, 0.15) is 0 Å². The van der Waals surface area contributed by atoms with E-state index in [0.717, 1.165) is 16.5 Å². The van der Waals surface area contributed by atoms with Crippen LogP contribution in [0, 0.1) is 0 Å². The zero-order chi connectivity index (χ0) is 13.2. The van der Waals surface area contributed by atoms with Gasteiger partial charge >= 0.3 is 6.36 Å².